The van der Waals surface area contributed by atoms with Crippen LogP contribution in [0.1, 0.15) is 12.5 Å². The first-order valence-corrected chi connectivity index (χ1v) is 8.58. The lowest BCUT2D eigenvalue weighted by Gasteiger charge is -2.02. The molecule has 1 aromatic heterocycles. The van der Waals surface area contributed by atoms with Crippen molar-refractivity contribution in [2.75, 3.05) is 0 Å². The van der Waals surface area contributed by atoms with Crippen LogP contribution in [-0.2, 0) is 6.42 Å². The first-order chi connectivity index (χ1) is 11.3. The first-order valence-electron chi connectivity index (χ1n) is 7.76. The maximum atomic E-state index is 4.42. The van der Waals surface area contributed by atoms with Gasteiger partial charge in [0.2, 0.25) is 0 Å². The van der Waals surface area contributed by atoms with Gasteiger partial charge in [-0.1, -0.05) is 78.9 Å². The molecule has 0 saturated heterocycles. The molecule has 3 aromatic carbocycles. The topological polar surface area (TPSA) is 25.8 Å². The van der Waals surface area contributed by atoms with Gasteiger partial charge in [-0.15, -0.1) is 10.2 Å². The van der Waals surface area contributed by atoms with Gasteiger partial charge in [0.25, 0.3) is 0 Å². The average Bonchev–Trinajstić information content (AvgIpc) is 3.11. The highest BCUT2D eigenvalue weighted by Crippen LogP contribution is 2.33. The summed E-state index contributed by atoms with van der Waals surface area (Å²) in [6.45, 7) is 2.17. The predicted molar refractivity (Wildman–Crippen MR) is 97.7 cm³/mol. The lowest BCUT2D eigenvalue weighted by Crippen LogP contribution is -1.86. The summed E-state index contributed by atoms with van der Waals surface area (Å²) in [5.74, 6) is 0. The van der Waals surface area contributed by atoms with Crippen LogP contribution in [0.25, 0.3) is 31.9 Å². The van der Waals surface area contributed by atoms with E-state index in [9.17, 15) is 0 Å². The van der Waals surface area contributed by atoms with Gasteiger partial charge < -0.3 is 0 Å². The fourth-order valence-electron chi connectivity index (χ4n) is 2.81. The second-order valence-corrected chi connectivity index (χ2v) is 6.46. The molecule has 0 bridgehead atoms. The van der Waals surface area contributed by atoms with Gasteiger partial charge in [-0.25, -0.2) is 0 Å². The molecule has 0 aliphatic rings. The summed E-state index contributed by atoms with van der Waals surface area (Å²) >= 11 is 1.65. The highest BCUT2D eigenvalue weighted by Gasteiger charge is 2.11. The molecule has 4 aromatic rings. The fourth-order valence-corrected chi connectivity index (χ4v) is 3.71. The third kappa shape index (κ3) is 2.64. The second-order valence-electron chi connectivity index (χ2n) is 5.48. The molecule has 0 aliphatic carbocycles. The van der Waals surface area contributed by atoms with Crippen LogP contribution in [0, 0.1) is 0 Å². The molecule has 0 radical (unpaired) electrons. The number of fused-ring (bicyclic) bond motifs is 1. The van der Waals surface area contributed by atoms with E-state index in [-0.39, 0.29) is 0 Å². The number of hydrogen-bond acceptors (Lipinski definition) is 3. The van der Waals surface area contributed by atoms with Crippen LogP contribution in [0.15, 0.2) is 66.7 Å². The van der Waals surface area contributed by atoms with Crippen molar-refractivity contribution in [3.63, 3.8) is 0 Å². The highest BCUT2D eigenvalue weighted by atomic mass is 32.1. The van der Waals surface area contributed by atoms with E-state index in [0.717, 1.165) is 22.0 Å². The van der Waals surface area contributed by atoms with Crippen molar-refractivity contribution in [2.45, 2.75) is 13.3 Å². The Kier molecular flexibility index (Phi) is 3.64. The molecule has 3 heteroatoms. The molecule has 23 heavy (non-hydrogen) atoms. The van der Waals surface area contributed by atoms with Crippen molar-refractivity contribution in [2.24, 2.45) is 0 Å². The van der Waals surface area contributed by atoms with Gasteiger partial charge >= 0.3 is 0 Å². The molecule has 0 N–H and O–H groups in total. The maximum Gasteiger partial charge on any atom is 0.148 e. The third-order valence-electron chi connectivity index (χ3n) is 4.05. The Morgan fingerprint density at radius 1 is 0.783 bits per heavy atom. The molecule has 4 rings (SSSR count). The first kappa shape index (κ1) is 14.1. The molecule has 0 unspecified atom stereocenters. The minimum Gasteiger partial charge on any atom is -0.138 e. The quantitative estimate of drug-likeness (QED) is 0.492. The van der Waals surface area contributed by atoms with Crippen molar-refractivity contribution in [1.29, 1.82) is 0 Å². The van der Waals surface area contributed by atoms with Gasteiger partial charge in [0.15, 0.2) is 0 Å². The van der Waals surface area contributed by atoms with Gasteiger partial charge in [-0.05, 0) is 28.8 Å². The van der Waals surface area contributed by atoms with E-state index in [1.54, 1.807) is 11.3 Å². The van der Waals surface area contributed by atoms with Gasteiger partial charge in [0.1, 0.15) is 10.0 Å². The molecule has 0 spiro atoms. The van der Waals surface area contributed by atoms with Crippen molar-refractivity contribution >= 4 is 22.1 Å². The molecule has 0 aliphatic heterocycles. The Bertz CT molecular complexity index is 972. The zero-order valence-corrected chi connectivity index (χ0v) is 13.7. The van der Waals surface area contributed by atoms with Gasteiger partial charge in [0.05, 0.1) is 0 Å². The number of rotatable bonds is 3. The van der Waals surface area contributed by atoms with Crippen LogP contribution in [0.2, 0.25) is 0 Å². The summed E-state index contributed by atoms with van der Waals surface area (Å²) in [4.78, 5) is 0. The number of aryl methyl sites for hydroxylation is 1. The van der Waals surface area contributed by atoms with E-state index in [0.29, 0.717) is 0 Å². The molecule has 0 fully saturated rings. The van der Waals surface area contributed by atoms with Crippen molar-refractivity contribution in [3.05, 3.63) is 72.3 Å². The Morgan fingerprint density at radius 2 is 1.52 bits per heavy atom. The molecule has 1 heterocycles. The molecule has 0 atom stereocenters. The van der Waals surface area contributed by atoms with Crippen LogP contribution in [0.4, 0.5) is 0 Å². The molecule has 2 nitrogen and oxygen atoms in total. The summed E-state index contributed by atoms with van der Waals surface area (Å²) in [6, 6.07) is 23.3. The third-order valence-corrected chi connectivity index (χ3v) is 5.06. The zero-order valence-electron chi connectivity index (χ0n) is 12.9. The van der Waals surface area contributed by atoms with E-state index < -0.39 is 0 Å². The summed E-state index contributed by atoms with van der Waals surface area (Å²) in [6.07, 6.45) is 1.00. The van der Waals surface area contributed by atoms with Crippen molar-refractivity contribution < 1.29 is 0 Å². The molecule has 0 amide bonds. The Balaban J connectivity index is 1.77. The Labute approximate surface area is 139 Å². The van der Waals surface area contributed by atoms with E-state index in [4.69, 9.17) is 0 Å². The minimum absolute atomic E-state index is 0.969. The normalized spacial score (nSPS) is 11.0. The summed E-state index contributed by atoms with van der Waals surface area (Å²) in [7, 11) is 0. The lowest BCUT2D eigenvalue weighted by molar-refractivity contribution is 1.09. The molecule has 112 valence electrons. The highest BCUT2D eigenvalue weighted by molar-refractivity contribution is 7.17. The summed E-state index contributed by atoms with van der Waals surface area (Å²) in [5, 5.41) is 13.3. The largest absolute Gasteiger partial charge is 0.148 e. The van der Waals surface area contributed by atoms with Gasteiger partial charge in [0, 0.05) is 11.1 Å². The summed E-state index contributed by atoms with van der Waals surface area (Å²) < 4.78 is 0. The van der Waals surface area contributed by atoms with E-state index in [1.807, 2.05) is 0 Å². The van der Waals surface area contributed by atoms with Gasteiger partial charge in [-0.2, -0.15) is 0 Å². The van der Waals surface area contributed by atoms with E-state index in [1.165, 1.54) is 21.9 Å². The smallest absolute Gasteiger partial charge is 0.138 e. The maximum absolute atomic E-state index is 4.42. The van der Waals surface area contributed by atoms with Crippen LogP contribution in [0.3, 0.4) is 0 Å². The van der Waals surface area contributed by atoms with Crippen LogP contribution in [-0.4, -0.2) is 10.2 Å². The SMILES string of the molecule is CCc1ccccc1-c1nnc(-c2ccc3ccccc3c2)s1. The molecular weight excluding hydrogens is 300 g/mol. The number of nitrogens with zero attached hydrogens (tertiary/aromatic N) is 2. The van der Waals surface area contributed by atoms with E-state index >= 15 is 0 Å². The molecule has 0 saturated carbocycles. The van der Waals surface area contributed by atoms with Crippen LogP contribution < -0.4 is 0 Å². The predicted octanol–water partition coefficient (Wildman–Crippen LogP) is 5.59. The zero-order chi connectivity index (χ0) is 15.6. The van der Waals surface area contributed by atoms with Crippen LogP contribution >= 0.6 is 11.3 Å². The average molecular weight is 316 g/mol. The fraction of sp³-hybridized carbons (Fsp3) is 0.100. The number of aromatic nitrogens is 2. The minimum atomic E-state index is 0.969. The second kappa shape index (κ2) is 5.94. The van der Waals surface area contributed by atoms with Crippen molar-refractivity contribution in [3.8, 4) is 21.1 Å². The van der Waals surface area contributed by atoms with E-state index in [2.05, 4.69) is 83.9 Å². The lowest BCUT2D eigenvalue weighted by atomic mass is 10.1. The van der Waals surface area contributed by atoms with Crippen LogP contribution in [0.5, 0.6) is 0 Å². The van der Waals surface area contributed by atoms with Crippen molar-refractivity contribution in [1.82, 2.24) is 10.2 Å². The van der Waals surface area contributed by atoms with Gasteiger partial charge in [-0.3, -0.25) is 0 Å². The number of benzene rings is 3. The molecular formula is C20H16N2S. The Hall–Kier alpha value is -2.52. The Morgan fingerprint density at radius 3 is 2.39 bits per heavy atom. The summed E-state index contributed by atoms with van der Waals surface area (Å²) in [5.41, 5.74) is 3.63. The standard InChI is InChI=1S/C20H16N2S/c1-2-14-7-5-6-10-18(14)20-22-21-19(23-20)17-12-11-15-8-3-4-9-16(15)13-17/h3-13H,2H2,1H3. The monoisotopic (exact) mass is 316 g/mol. The number of hydrogen-bond donors (Lipinski definition) is 0.